The summed E-state index contributed by atoms with van der Waals surface area (Å²) in [6.07, 6.45) is 12.3. The van der Waals surface area contributed by atoms with Gasteiger partial charge in [-0.1, -0.05) is 129 Å². The maximum atomic E-state index is 11.9. The normalized spacial score (nSPS) is 11.0. The molecule has 3 N–H and O–H groups in total. The fourth-order valence-corrected chi connectivity index (χ4v) is 4.35. The maximum absolute atomic E-state index is 11.9. The molecule has 206 valence electrons. The van der Waals surface area contributed by atoms with Gasteiger partial charge < -0.3 is 10.8 Å². The maximum Gasteiger partial charge on any atom is 0.296 e. The van der Waals surface area contributed by atoms with Crippen LogP contribution in [-0.4, -0.2) is 26.2 Å². The molecule has 2 aromatic carbocycles. The van der Waals surface area contributed by atoms with E-state index in [0.717, 1.165) is 18.4 Å². The molecule has 0 fully saturated rings. The number of rotatable bonds is 14. The second kappa shape index (κ2) is 21.2. The van der Waals surface area contributed by atoms with E-state index in [-0.39, 0.29) is 11.5 Å². The van der Waals surface area contributed by atoms with Crippen LogP contribution < -0.4 is 5.73 Å². The van der Waals surface area contributed by atoms with Crippen LogP contribution in [0, 0.1) is 0 Å². The largest absolute Gasteiger partial charge is 0.508 e. The van der Waals surface area contributed by atoms with Crippen molar-refractivity contribution in [2.75, 3.05) is 6.61 Å². The standard InChI is InChI=1S/C18H30O3S.C9H12O.C3H9N/c1-2-3-4-5-6-7-8-9-10-14-17-21-22(19,20)18-15-12-11-13-16-18;1-7(2)8-5-3-4-6-9(8)10;1-3(2)4/h11-13,15-16H,2-10,14,17H2,1H3;3-7,10H,1-2H3;3H,4H2,1-2H3. The highest BCUT2D eigenvalue weighted by Crippen LogP contribution is 2.23. The zero-order chi connectivity index (χ0) is 27.2. The number of nitrogens with two attached hydrogens (primary N) is 1. The summed E-state index contributed by atoms with van der Waals surface area (Å²) in [7, 11) is -3.57. The summed E-state index contributed by atoms with van der Waals surface area (Å²) in [4.78, 5) is 0.238. The molecule has 0 spiro atoms. The van der Waals surface area contributed by atoms with Crippen molar-refractivity contribution in [2.24, 2.45) is 5.73 Å². The lowest BCUT2D eigenvalue weighted by Crippen LogP contribution is -2.07. The summed E-state index contributed by atoms with van der Waals surface area (Å²) in [5, 5.41) is 9.28. The van der Waals surface area contributed by atoms with E-state index in [1.807, 2.05) is 32.0 Å². The van der Waals surface area contributed by atoms with Gasteiger partial charge >= 0.3 is 0 Å². The fourth-order valence-electron chi connectivity index (χ4n) is 3.39. The second-order valence-corrected chi connectivity index (χ2v) is 11.3. The summed E-state index contributed by atoms with van der Waals surface area (Å²) in [6, 6.07) is 16.1. The van der Waals surface area contributed by atoms with Crippen molar-refractivity contribution in [1.82, 2.24) is 0 Å². The van der Waals surface area contributed by atoms with Gasteiger partial charge in [0, 0.05) is 0 Å². The van der Waals surface area contributed by atoms with Crippen LogP contribution in [0.15, 0.2) is 59.5 Å². The van der Waals surface area contributed by atoms with Gasteiger partial charge in [0.25, 0.3) is 10.1 Å². The van der Waals surface area contributed by atoms with E-state index >= 15 is 0 Å². The molecule has 0 atom stereocenters. The van der Waals surface area contributed by atoms with E-state index in [9.17, 15) is 13.5 Å². The van der Waals surface area contributed by atoms with Crippen LogP contribution in [0.5, 0.6) is 5.75 Å². The molecule has 2 rings (SSSR count). The first kappa shape index (κ1) is 34.1. The number of para-hydroxylation sites is 1. The average molecular weight is 522 g/mol. The van der Waals surface area contributed by atoms with Crippen LogP contribution in [-0.2, 0) is 14.3 Å². The zero-order valence-electron chi connectivity index (χ0n) is 23.3. The molecule has 2 aromatic rings. The molecule has 6 heteroatoms. The first-order valence-electron chi connectivity index (χ1n) is 13.6. The predicted octanol–water partition coefficient (Wildman–Crippen LogP) is 8.18. The van der Waals surface area contributed by atoms with Crippen molar-refractivity contribution in [3.05, 3.63) is 60.2 Å². The van der Waals surface area contributed by atoms with Crippen LogP contribution in [0.4, 0.5) is 0 Å². The van der Waals surface area contributed by atoms with Gasteiger partial charge in [-0.3, -0.25) is 4.18 Å². The van der Waals surface area contributed by atoms with Gasteiger partial charge in [0.05, 0.1) is 11.5 Å². The molecule has 0 saturated carbocycles. The minimum atomic E-state index is -3.57. The lowest BCUT2D eigenvalue weighted by molar-refractivity contribution is 0.306. The third-order valence-corrected chi connectivity index (χ3v) is 6.65. The molecule has 0 aromatic heterocycles. The second-order valence-electron chi connectivity index (χ2n) is 9.73. The lowest BCUT2D eigenvalue weighted by Gasteiger charge is -2.05. The highest BCUT2D eigenvalue weighted by molar-refractivity contribution is 7.86. The first-order valence-corrected chi connectivity index (χ1v) is 15.0. The van der Waals surface area contributed by atoms with Crippen molar-refractivity contribution in [3.63, 3.8) is 0 Å². The van der Waals surface area contributed by atoms with Gasteiger partial charge in [0.1, 0.15) is 5.75 Å². The summed E-state index contributed by atoms with van der Waals surface area (Å²) < 4.78 is 28.8. The molecular weight excluding hydrogens is 470 g/mol. The number of hydrogen-bond acceptors (Lipinski definition) is 5. The van der Waals surface area contributed by atoms with Crippen LogP contribution in [0.2, 0.25) is 0 Å². The van der Waals surface area contributed by atoms with E-state index in [0.29, 0.717) is 17.7 Å². The molecule has 5 nitrogen and oxygen atoms in total. The van der Waals surface area contributed by atoms with E-state index < -0.39 is 10.1 Å². The minimum absolute atomic E-state index is 0.238. The van der Waals surface area contributed by atoms with Gasteiger partial charge in [0.15, 0.2) is 0 Å². The van der Waals surface area contributed by atoms with Crippen molar-refractivity contribution in [2.45, 2.75) is 116 Å². The molecule has 0 aliphatic rings. The lowest BCUT2D eigenvalue weighted by atomic mass is 10.0. The van der Waals surface area contributed by atoms with Crippen LogP contribution in [0.25, 0.3) is 0 Å². The van der Waals surface area contributed by atoms with Crippen molar-refractivity contribution in [1.29, 1.82) is 0 Å². The number of benzene rings is 2. The van der Waals surface area contributed by atoms with Crippen molar-refractivity contribution >= 4 is 10.1 Å². The van der Waals surface area contributed by atoms with Gasteiger partial charge in [-0.05, 0) is 42.1 Å². The Morgan fingerprint density at radius 1 is 0.750 bits per heavy atom. The van der Waals surface area contributed by atoms with E-state index in [4.69, 9.17) is 9.92 Å². The Bertz CT molecular complexity index is 865. The van der Waals surface area contributed by atoms with Crippen LogP contribution in [0.3, 0.4) is 0 Å². The van der Waals surface area contributed by atoms with Crippen LogP contribution >= 0.6 is 0 Å². The smallest absolute Gasteiger partial charge is 0.296 e. The molecule has 36 heavy (non-hydrogen) atoms. The van der Waals surface area contributed by atoms with Gasteiger partial charge in [-0.25, -0.2) is 0 Å². The molecule has 0 unspecified atom stereocenters. The Kier molecular flexibility index (Phi) is 20.1. The number of unbranched alkanes of at least 4 members (excludes halogenated alkanes) is 9. The highest BCUT2D eigenvalue weighted by atomic mass is 32.2. The first-order chi connectivity index (χ1) is 17.1. The molecule has 0 saturated heterocycles. The predicted molar refractivity (Wildman–Crippen MR) is 153 cm³/mol. The summed E-state index contributed by atoms with van der Waals surface area (Å²) in [5.41, 5.74) is 6.13. The summed E-state index contributed by atoms with van der Waals surface area (Å²) in [5.74, 6) is 0.804. The van der Waals surface area contributed by atoms with E-state index in [1.165, 1.54) is 51.4 Å². The molecule has 0 heterocycles. The monoisotopic (exact) mass is 521 g/mol. The topological polar surface area (TPSA) is 89.6 Å². The highest BCUT2D eigenvalue weighted by Gasteiger charge is 2.13. The number of hydrogen-bond donors (Lipinski definition) is 2. The third-order valence-electron chi connectivity index (χ3n) is 5.33. The number of phenolic OH excluding ortho intramolecular Hbond substituents is 1. The summed E-state index contributed by atoms with van der Waals surface area (Å²) >= 11 is 0. The molecule has 0 amide bonds. The molecule has 0 bridgehead atoms. The molecular formula is C30H51NO4S. The van der Waals surface area contributed by atoms with Crippen LogP contribution in [0.1, 0.15) is 110 Å². The number of aromatic hydroxyl groups is 1. The summed E-state index contributed by atoms with van der Waals surface area (Å²) in [6.45, 7) is 10.5. The fraction of sp³-hybridized carbons (Fsp3) is 0.600. The molecule has 0 aliphatic heterocycles. The molecule has 0 aliphatic carbocycles. The van der Waals surface area contributed by atoms with E-state index in [2.05, 4.69) is 20.8 Å². The number of phenols is 1. The zero-order valence-corrected chi connectivity index (χ0v) is 24.1. The Morgan fingerprint density at radius 2 is 1.19 bits per heavy atom. The quantitative estimate of drug-likeness (QED) is 0.193. The van der Waals surface area contributed by atoms with Crippen molar-refractivity contribution < 1.29 is 17.7 Å². The van der Waals surface area contributed by atoms with Crippen molar-refractivity contribution in [3.8, 4) is 5.75 Å². The average Bonchev–Trinajstić information content (AvgIpc) is 2.83. The molecule has 0 radical (unpaired) electrons. The van der Waals surface area contributed by atoms with Gasteiger partial charge in [-0.15, -0.1) is 0 Å². The van der Waals surface area contributed by atoms with Gasteiger partial charge in [-0.2, -0.15) is 8.42 Å². The van der Waals surface area contributed by atoms with E-state index in [1.54, 1.807) is 36.4 Å². The Labute approximate surface area is 221 Å². The Morgan fingerprint density at radius 3 is 1.64 bits per heavy atom. The SMILES string of the molecule is CC(C)N.CC(C)c1ccccc1O.CCCCCCCCCCCCOS(=O)(=O)c1ccccc1. The Balaban J connectivity index is 0.000000717. The third kappa shape index (κ3) is 18.4. The minimum Gasteiger partial charge on any atom is -0.508 e. The Hall–Kier alpha value is -1.89. The van der Waals surface area contributed by atoms with Gasteiger partial charge in [0.2, 0.25) is 0 Å².